The number of aromatic nitrogens is 5. The van der Waals surface area contributed by atoms with E-state index in [4.69, 9.17) is 11.6 Å². The second kappa shape index (κ2) is 10.7. The lowest BCUT2D eigenvalue weighted by atomic mass is 10.0. The number of nitriles is 1. The third-order valence-corrected chi connectivity index (χ3v) is 6.86. The molecule has 0 saturated heterocycles. The van der Waals surface area contributed by atoms with Gasteiger partial charge in [-0.2, -0.15) is 5.26 Å². The zero-order chi connectivity index (χ0) is 27.7. The summed E-state index contributed by atoms with van der Waals surface area (Å²) in [5.41, 5.74) is 3.89. The van der Waals surface area contributed by atoms with Crippen LogP contribution in [0, 0.1) is 17.1 Å². The van der Waals surface area contributed by atoms with Gasteiger partial charge in [0.2, 0.25) is 0 Å². The molecule has 1 aliphatic rings. The first-order chi connectivity index (χ1) is 19.4. The van der Waals surface area contributed by atoms with Gasteiger partial charge in [0.1, 0.15) is 17.6 Å². The summed E-state index contributed by atoms with van der Waals surface area (Å²) in [6.45, 7) is 0.553. The molecule has 6 rings (SSSR count). The summed E-state index contributed by atoms with van der Waals surface area (Å²) in [6.07, 6.45) is 9.51. The highest BCUT2D eigenvalue weighted by Gasteiger charge is 2.27. The van der Waals surface area contributed by atoms with Crippen molar-refractivity contribution >= 4 is 33.9 Å². The highest BCUT2D eigenvalue weighted by Crippen LogP contribution is 2.37. The molecule has 3 heterocycles. The van der Waals surface area contributed by atoms with E-state index in [9.17, 15) is 11.0 Å². The summed E-state index contributed by atoms with van der Waals surface area (Å²) >= 11 is 6.69. The lowest BCUT2D eigenvalue weighted by Gasteiger charge is -2.20. The van der Waals surface area contributed by atoms with E-state index < -0.39 is 11.8 Å². The first-order valence-electron chi connectivity index (χ1n) is 13.1. The summed E-state index contributed by atoms with van der Waals surface area (Å²) in [4.78, 5) is 8.58. The maximum absolute atomic E-state index is 13.8. The third-order valence-electron chi connectivity index (χ3n) is 6.57. The van der Waals surface area contributed by atoms with Crippen molar-refractivity contribution in [1.82, 2.24) is 25.0 Å². The number of rotatable bonds is 9. The first kappa shape index (κ1) is 23.6. The molecule has 194 valence electrons. The number of benzene rings is 2. The van der Waals surface area contributed by atoms with Crippen LogP contribution >= 0.6 is 11.6 Å². The Morgan fingerprint density at radius 1 is 1.21 bits per heavy atom. The molecule has 0 bridgehead atoms. The number of hydrogen-bond acceptors (Lipinski definition) is 7. The van der Waals surface area contributed by atoms with Gasteiger partial charge in [0.05, 0.1) is 41.4 Å². The maximum atomic E-state index is 13.8. The Balaban J connectivity index is 1.39. The molecule has 2 N–H and O–H groups in total. The molecule has 10 heteroatoms. The SMILES string of the molecule is [2H][C@@](Nc1cc(Cl)c2ncc(C#N)c(NCCc3cccnc3)c2c1)(c1ccc(F)cc1)c1cn(C2CC2)nn1. The zero-order valence-corrected chi connectivity index (χ0v) is 21.5. The zero-order valence-electron chi connectivity index (χ0n) is 21.8. The number of nitrogens with one attached hydrogen (secondary N) is 2. The molecule has 5 aromatic rings. The van der Waals surface area contributed by atoms with Gasteiger partial charge in [-0.3, -0.25) is 9.97 Å². The second-order valence-corrected chi connectivity index (χ2v) is 9.78. The van der Waals surface area contributed by atoms with E-state index in [1.54, 1.807) is 47.5 Å². The monoisotopic (exact) mass is 539 g/mol. The molecule has 39 heavy (non-hydrogen) atoms. The molecular weight excluding hydrogens is 515 g/mol. The molecule has 0 amide bonds. The van der Waals surface area contributed by atoms with Gasteiger partial charge in [0, 0.05) is 36.2 Å². The van der Waals surface area contributed by atoms with Gasteiger partial charge in [-0.25, -0.2) is 9.07 Å². The smallest absolute Gasteiger partial charge is 0.123 e. The Morgan fingerprint density at radius 3 is 2.79 bits per heavy atom. The van der Waals surface area contributed by atoms with Crippen LogP contribution in [-0.4, -0.2) is 31.5 Å². The van der Waals surface area contributed by atoms with Crippen molar-refractivity contribution in [3.8, 4) is 6.07 Å². The van der Waals surface area contributed by atoms with Crippen molar-refractivity contribution in [2.24, 2.45) is 0 Å². The van der Waals surface area contributed by atoms with E-state index in [2.05, 4.69) is 37.0 Å². The number of pyridine rings is 2. The fourth-order valence-electron chi connectivity index (χ4n) is 4.44. The van der Waals surface area contributed by atoms with Crippen LogP contribution in [0.3, 0.4) is 0 Å². The van der Waals surface area contributed by atoms with E-state index in [0.29, 0.717) is 57.1 Å². The Hall–Kier alpha value is -4.55. The van der Waals surface area contributed by atoms with E-state index in [1.807, 2.05) is 12.1 Å². The molecular formula is C29H24ClFN8. The molecule has 1 saturated carbocycles. The lowest BCUT2D eigenvalue weighted by Crippen LogP contribution is -2.13. The van der Waals surface area contributed by atoms with Crippen LogP contribution in [0.15, 0.2) is 73.3 Å². The summed E-state index contributed by atoms with van der Waals surface area (Å²) < 4.78 is 25.1. The Bertz CT molecular complexity index is 1720. The van der Waals surface area contributed by atoms with Crippen LogP contribution in [0.25, 0.3) is 10.9 Å². The molecule has 1 atom stereocenters. The minimum absolute atomic E-state index is 0.282. The van der Waals surface area contributed by atoms with Crippen LogP contribution in [0.2, 0.25) is 5.02 Å². The number of nitrogens with zero attached hydrogens (tertiary/aromatic N) is 6. The van der Waals surface area contributed by atoms with Gasteiger partial charge in [-0.15, -0.1) is 5.10 Å². The van der Waals surface area contributed by atoms with Crippen LogP contribution in [0.4, 0.5) is 15.8 Å². The molecule has 0 unspecified atom stereocenters. The van der Waals surface area contributed by atoms with Gasteiger partial charge in [-0.1, -0.05) is 35.0 Å². The largest absolute Gasteiger partial charge is 0.383 e. The molecule has 2 aromatic carbocycles. The highest BCUT2D eigenvalue weighted by atomic mass is 35.5. The van der Waals surface area contributed by atoms with Crippen LogP contribution in [0.1, 0.15) is 48.7 Å². The van der Waals surface area contributed by atoms with Crippen molar-refractivity contribution in [3.63, 3.8) is 0 Å². The number of anilines is 2. The number of halogens is 2. The van der Waals surface area contributed by atoms with E-state index in [1.165, 1.54) is 18.3 Å². The van der Waals surface area contributed by atoms with Gasteiger partial charge in [0.15, 0.2) is 0 Å². The molecule has 8 nitrogen and oxygen atoms in total. The summed E-state index contributed by atoms with van der Waals surface area (Å²) in [6, 6.07) is 14.0. The third kappa shape index (κ3) is 5.38. The molecule has 0 radical (unpaired) electrons. The minimum Gasteiger partial charge on any atom is -0.383 e. The highest BCUT2D eigenvalue weighted by molar-refractivity contribution is 6.35. The number of fused-ring (bicyclic) bond motifs is 1. The predicted molar refractivity (Wildman–Crippen MR) is 148 cm³/mol. The molecule has 3 aromatic heterocycles. The Morgan fingerprint density at radius 2 is 2.05 bits per heavy atom. The minimum atomic E-state index is -1.61. The van der Waals surface area contributed by atoms with Crippen molar-refractivity contribution in [3.05, 3.63) is 107 Å². The quantitative estimate of drug-likeness (QED) is 0.234. The standard InChI is InChI=1S/C29H24ClFN8/c30-25-13-22(36-28(19-3-5-21(31)6-4-19)26-17-39(38-37-26)23-7-8-23)12-24-27(20(14-32)16-35-29(24)25)34-11-9-18-2-1-10-33-15-18/h1-6,10,12-13,15-17,23,28,36H,7-9,11H2,(H,34,35)/t28-/m1/s1/i28D. The summed E-state index contributed by atoms with van der Waals surface area (Å²) in [7, 11) is 0. The molecule has 1 aliphatic carbocycles. The van der Waals surface area contributed by atoms with Crippen LogP contribution in [-0.2, 0) is 6.42 Å². The summed E-state index contributed by atoms with van der Waals surface area (Å²) in [5, 5.41) is 26.0. The average Bonchev–Trinajstić information content (AvgIpc) is 3.69. The first-order valence-corrected chi connectivity index (χ1v) is 12.9. The maximum Gasteiger partial charge on any atom is 0.123 e. The topological polar surface area (TPSA) is 104 Å². The van der Waals surface area contributed by atoms with E-state index in [-0.39, 0.29) is 6.04 Å². The average molecular weight is 540 g/mol. The van der Waals surface area contributed by atoms with Crippen molar-refractivity contribution in [2.75, 3.05) is 17.2 Å². The van der Waals surface area contributed by atoms with Gasteiger partial charge >= 0.3 is 0 Å². The molecule has 0 spiro atoms. The van der Waals surface area contributed by atoms with Crippen LogP contribution < -0.4 is 10.6 Å². The van der Waals surface area contributed by atoms with Crippen molar-refractivity contribution in [1.29, 1.82) is 5.26 Å². The molecule has 0 aliphatic heterocycles. The van der Waals surface area contributed by atoms with Gasteiger partial charge in [0.25, 0.3) is 0 Å². The molecule has 1 fully saturated rings. The van der Waals surface area contributed by atoms with Gasteiger partial charge < -0.3 is 10.6 Å². The van der Waals surface area contributed by atoms with Crippen LogP contribution in [0.5, 0.6) is 0 Å². The fraction of sp³-hybridized carbons (Fsp3) is 0.207. The van der Waals surface area contributed by atoms with Gasteiger partial charge in [-0.05, 0) is 60.7 Å². The Labute approximate surface area is 230 Å². The Kier molecular flexibility index (Phi) is 6.45. The van der Waals surface area contributed by atoms with E-state index in [0.717, 1.165) is 18.4 Å². The lowest BCUT2D eigenvalue weighted by molar-refractivity contribution is 0.610. The fourth-order valence-corrected chi connectivity index (χ4v) is 4.71. The summed E-state index contributed by atoms with van der Waals surface area (Å²) in [5.74, 6) is -0.404. The predicted octanol–water partition coefficient (Wildman–Crippen LogP) is 6.08. The van der Waals surface area contributed by atoms with E-state index >= 15 is 0 Å². The van der Waals surface area contributed by atoms with Crippen molar-refractivity contribution in [2.45, 2.75) is 31.3 Å². The van der Waals surface area contributed by atoms with Crippen molar-refractivity contribution < 1.29 is 5.76 Å². The number of hydrogen-bond donors (Lipinski definition) is 2. The normalized spacial score (nSPS) is 14.8. The second-order valence-electron chi connectivity index (χ2n) is 9.37.